The number of nitrogens with one attached hydrogen (secondary N) is 2. The van der Waals surface area contributed by atoms with E-state index in [-0.39, 0.29) is 12.3 Å². The Morgan fingerprint density at radius 3 is 2.83 bits per heavy atom. The summed E-state index contributed by atoms with van der Waals surface area (Å²) >= 11 is 0. The van der Waals surface area contributed by atoms with Crippen LogP contribution in [0.25, 0.3) is 10.9 Å². The molecule has 1 aromatic heterocycles. The first-order valence-corrected chi connectivity index (χ1v) is 7.65. The van der Waals surface area contributed by atoms with E-state index in [1.54, 1.807) is 11.0 Å². The first kappa shape index (κ1) is 15.2. The molecule has 0 radical (unpaired) electrons. The van der Waals surface area contributed by atoms with E-state index in [1.165, 1.54) is 0 Å². The Hall–Kier alpha value is -2.68. The number of benzene rings is 1. The van der Waals surface area contributed by atoms with E-state index in [1.807, 2.05) is 39.1 Å². The molecule has 1 unspecified atom stereocenters. The van der Waals surface area contributed by atoms with E-state index in [4.69, 9.17) is 10.00 Å². The lowest BCUT2D eigenvalue weighted by Crippen LogP contribution is -2.56. The van der Waals surface area contributed by atoms with E-state index in [0.29, 0.717) is 12.1 Å². The summed E-state index contributed by atoms with van der Waals surface area (Å²) < 4.78 is 5.42. The lowest BCUT2D eigenvalue weighted by molar-refractivity contribution is -0.000180. The van der Waals surface area contributed by atoms with Crippen molar-refractivity contribution in [2.24, 2.45) is 0 Å². The van der Waals surface area contributed by atoms with Crippen molar-refractivity contribution in [1.82, 2.24) is 9.88 Å². The lowest BCUT2D eigenvalue weighted by atomic mass is 10.1. The first-order valence-electron chi connectivity index (χ1n) is 7.65. The number of aromatic nitrogens is 1. The van der Waals surface area contributed by atoms with Crippen LogP contribution in [0, 0.1) is 11.3 Å². The molecule has 2 heterocycles. The van der Waals surface area contributed by atoms with Crippen LogP contribution < -0.4 is 5.32 Å². The van der Waals surface area contributed by atoms with E-state index in [0.717, 1.165) is 23.0 Å². The molecule has 1 aliphatic rings. The van der Waals surface area contributed by atoms with Crippen LogP contribution in [0.5, 0.6) is 0 Å². The second kappa shape index (κ2) is 5.51. The molecule has 0 saturated carbocycles. The van der Waals surface area contributed by atoms with Gasteiger partial charge in [-0.3, -0.25) is 4.90 Å². The van der Waals surface area contributed by atoms with Gasteiger partial charge in [0.05, 0.1) is 11.1 Å². The first-order chi connectivity index (χ1) is 10.9. The quantitative estimate of drug-likeness (QED) is 0.890. The van der Waals surface area contributed by atoms with E-state index in [2.05, 4.69) is 16.4 Å². The lowest BCUT2D eigenvalue weighted by Gasteiger charge is -2.42. The summed E-state index contributed by atoms with van der Waals surface area (Å²) in [5.41, 5.74) is 1.81. The molecule has 0 spiro atoms. The molecule has 1 aromatic carbocycles. The fourth-order valence-corrected chi connectivity index (χ4v) is 2.63. The summed E-state index contributed by atoms with van der Waals surface area (Å²) in [5.74, 6) is 0. The van der Waals surface area contributed by atoms with Crippen LogP contribution in [0.1, 0.15) is 32.8 Å². The van der Waals surface area contributed by atoms with E-state index < -0.39 is 5.60 Å². The van der Waals surface area contributed by atoms with Crippen molar-refractivity contribution in [3.8, 4) is 6.07 Å². The SMILES string of the molecule is CC(C)(C)OC(=O)N1CCC1Nc1ccc(C#N)c2[nH]ccc12. The van der Waals surface area contributed by atoms with E-state index >= 15 is 0 Å². The van der Waals surface area contributed by atoms with Crippen LogP contribution in [0.4, 0.5) is 10.5 Å². The van der Waals surface area contributed by atoms with Gasteiger partial charge < -0.3 is 15.0 Å². The summed E-state index contributed by atoms with van der Waals surface area (Å²) in [7, 11) is 0. The average molecular weight is 312 g/mol. The number of hydrogen-bond acceptors (Lipinski definition) is 4. The largest absolute Gasteiger partial charge is 0.444 e. The molecule has 1 saturated heterocycles. The molecule has 2 aromatic rings. The van der Waals surface area contributed by atoms with Crippen molar-refractivity contribution >= 4 is 22.7 Å². The number of nitriles is 1. The van der Waals surface area contributed by atoms with Gasteiger partial charge in [0.25, 0.3) is 0 Å². The number of carbonyl (C=O) groups excluding carboxylic acids is 1. The molecule has 6 heteroatoms. The molecular formula is C17H20N4O2. The number of amides is 1. The van der Waals surface area contributed by atoms with Gasteiger partial charge in [-0.15, -0.1) is 0 Å². The number of likely N-dealkylation sites (tertiary alicyclic amines) is 1. The fourth-order valence-electron chi connectivity index (χ4n) is 2.63. The summed E-state index contributed by atoms with van der Waals surface area (Å²) in [4.78, 5) is 16.9. The van der Waals surface area contributed by atoms with Gasteiger partial charge in [0, 0.05) is 30.2 Å². The van der Waals surface area contributed by atoms with Crippen LogP contribution >= 0.6 is 0 Å². The standard InChI is InChI=1S/C17H20N4O2/c1-17(2,3)23-16(22)21-9-7-14(21)20-13-5-4-11(10-18)15-12(13)6-8-19-15/h4-6,8,14,19-20H,7,9H2,1-3H3. The molecule has 6 nitrogen and oxygen atoms in total. The van der Waals surface area contributed by atoms with E-state index in [9.17, 15) is 4.79 Å². The number of anilines is 1. The maximum atomic E-state index is 12.2. The highest BCUT2D eigenvalue weighted by Crippen LogP contribution is 2.29. The zero-order valence-electron chi connectivity index (χ0n) is 13.5. The fraction of sp³-hybridized carbons (Fsp3) is 0.412. The number of rotatable bonds is 2. The van der Waals surface area contributed by atoms with Crippen LogP contribution in [-0.2, 0) is 4.74 Å². The minimum atomic E-state index is -0.500. The summed E-state index contributed by atoms with van der Waals surface area (Å²) in [6, 6.07) is 7.75. The zero-order valence-corrected chi connectivity index (χ0v) is 13.5. The predicted molar refractivity (Wildman–Crippen MR) is 88.0 cm³/mol. The van der Waals surface area contributed by atoms with Crippen molar-refractivity contribution in [2.75, 3.05) is 11.9 Å². The van der Waals surface area contributed by atoms with Crippen LogP contribution in [0.2, 0.25) is 0 Å². The monoisotopic (exact) mass is 312 g/mol. The molecule has 1 atom stereocenters. The van der Waals surface area contributed by atoms with Crippen LogP contribution in [0.3, 0.4) is 0 Å². The van der Waals surface area contributed by atoms with Gasteiger partial charge in [-0.05, 0) is 39.0 Å². The topological polar surface area (TPSA) is 81.2 Å². The maximum absolute atomic E-state index is 12.2. The normalized spacial score (nSPS) is 17.5. The molecule has 1 aliphatic heterocycles. The van der Waals surface area contributed by atoms with Crippen molar-refractivity contribution in [1.29, 1.82) is 5.26 Å². The van der Waals surface area contributed by atoms with Crippen LogP contribution in [0.15, 0.2) is 24.4 Å². The molecule has 120 valence electrons. The number of carbonyl (C=O) groups is 1. The van der Waals surface area contributed by atoms with Crippen molar-refractivity contribution in [2.45, 2.75) is 39.0 Å². The Balaban J connectivity index is 1.77. The predicted octanol–water partition coefficient (Wildman–Crippen LogP) is 3.42. The van der Waals surface area contributed by atoms with Gasteiger partial charge in [0.15, 0.2) is 0 Å². The highest BCUT2D eigenvalue weighted by molar-refractivity contribution is 5.95. The van der Waals surface area contributed by atoms with Gasteiger partial charge in [0.2, 0.25) is 0 Å². The number of hydrogen-bond donors (Lipinski definition) is 2. The Morgan fingerprint density at radius 2 is 2.22 bits per heavy atom. The van der Waals surface area contributed by atoms with Gasteiger partial charge in [-0.1, -0.05) is 0 Å². The highest BCUT2D eigenvalue weighted by atomic mass is 16.6. The maximum Gasteiger partial charge on any atom is 0.411 e. The van der Waals surface area contributed by atoms with Gasteiger partial charge in [0.1, 0.15) is 17.8 Å². The number of aromatic amines is 1. The molecule has 2 N–H and O–H groups in total. The smallest absolute Gasteiger partial charge is 0.411 e. The average Bonchev–Trinajstić information content (AvgIpc) is 2.90. The number of fused-ring (bicyclic) bond motifs is 1. The molecule has 0 bridgehead atoms. The second-order valence-electron chi connectivity index (χ2n) is 6.66. The minimum absolute atomic E-state index is 0.0871. The Morgan fingerprint density at radius 1 is 1.43 bits per heavy atom. The van der Waals surface area contributed by atoms with Gasteiger partial charge in [-0.2, -0.15) is 5.26 Å². The Kier molecular flexibility index (Phi) is 3.64. The minimum Gasteiger partial charge on any atom is -0.444 e. The third-order valence-corrected chi connectivity index (χ3v) is 3.81. The highest BCUT2D eigenvalue weighted by Gasteiger charge is 2.35. The number of nitrogens with zero attached hydrogens (tertiary/aromatic N) is 2. The molecule has 0 aliphatic carbocycles. The second-order valence-corrected chi connectivity index (χ2v) is 6.66. The summed E-state index contributed by atoms with van der Waals surface area (Å²) in [6.45, 7) is 6.25. The molecule has 23 heavy (non-hydrogen) atoms. The summed E-state index contributed by atoms with van der Waals surface area (Å²) in [6.07, 6.45) is 2.28. The number of H-pyrrole nitrogens is 1. The van der Waals surface area contributed by atoms with Gasteiger partial charge >= 0.3 is 6.09 Å². The molecule has 3 rings (SSSR count). The third-order valence-electron chi connectivity index (χ3n) is 3.81. The zero-order chi connectivity index (χ0) is 16.6. The molecule has 1 fully saturated rings. The molecule has 1 amide bonds. The van der Waals surface area contributed by atoms with Crippen molar-refractivity contribution < 1.29 is 9.53 Å². The van der Waals surface area contributed by atoms with Crippen molar-refractivity contribution in [3.05, 3.63) is 30.0 Å². The van der Waals surface area contributed by atoms with Crippen molar-refractivity contribution in [3.63, 3.8) is 0 Å². The Labute approximate surface area is 135 Å². The summed E-state index contributed by atoms with van der Waals surface area (Å²) in [5, 5.41) is 13.5. The number of ether oxygens (including phenoxy) is 1. The van der Waals surface area contributed by atoms with Gasteiger partial charge in [-0.25, -0.2) is 4.79 Å². The van der Waals surface area contributed by atoms with Crippen LogP contribution in [-0.4, -0.2) is 34.3 Å². The third kappa shape index (κ3) is 2.95. The molecular weight excluding hydrogens is 292 g/mol. The Bertz CT molecular complexity index is 782.